The first-order valence-electron chi connectivity index (χ1n) is 10.7. The van der Waals surface area contributed by atoms with Gasteiger partial charge in [-0.25, -0.2) is 0 Å². The van der Waals surface area contributed by atoms with Crippen LogP contribution in [0.2, 0.25) is 5.02 Å². The van der Waals surface area contributed by atoms with Crippen LogP contribution < -0.4 is 4.90 Å². The Balaban J connectivity index is 1.80. The van der Waals surface area contributed by atoms with E-state index in [9.17, 15) is 9.59 Å². The van der Waals surface area contributed by atoms with Gasteiger partial charge in [-0.1, -0.05) is 41.9 Å². The van der Waals surface area contributed by atoms with Gasteiger partial charge in [-0.05, 0) is 48.6 Å². The molecule has 0 N–H and O–H groups in total. The minimum atomic E-state index is -0.621. The molecule has 5 nitrogen and oxygen atoms in total. The lowest BCUT2D eigenvalue weighted by Gasteiger charge is -2.36. The van der Waals surface area contributed by atoms with Crippen LogP contribution in [0, 0.1) is 5.92 Å². The summed E-state index contributed by atoms with van der Waals surface area (Å²) in [4.78, 5) is 33.1. The Bertz CT molecular complexity index is 1120. The van der Waals surface area contributed by atoms with E-state index in [0.29, 0.717) is 29.1 Å². The largest absolute Gasteiger partial charge is 0.468 e. The quantitative estimate of drug-likeness (QED) is 0.604. The Labute approximate surface area is 193 Å². The highest BCUT2D eigenvalue weighted by atomic mass is 35.5. The second-order valence-corrected chi connectivity index (χ2v) is 9.04. The van der Waals surface area contributed by atoms with Crippen molar-refractivity contribution in [2.75, 3.05) is 26.1 Å². The molecular formula is C26H27ClN2O3. The fourth-order valence-electron chi connectivity index (χ4n) is 4.86. The van der Waals surface area contributed by atoms with Gasteiger partial charge in [0, 0.05) is 54.1 Å². The van der Waals surface area contributed by atoms with Gasteiger partial charge in [-0.15, -0.1) is 0 Å². The molecule has 2 aliphatic rings. The number of carbonyl (C=O) groups excluding carboxylic acids is 2. The summed E-state index contributed by atoms with van der Waals surface area (Å²) in [5.41, 5.74) is 4.98. The molecular weight excluding hydrogens is 424 g/mol. The number of carbonyl (C=O) groups is 2. The van der Waals surface area contributed by atoms with Crippen molar-refractivity contribution < 1.29 is 14.3 Å². The summed E-state index contributed by atoms with van der Waals surface area (Å²) in [7, 11) is 5.33. The number of benzene rings is 2. The molecule has 0 radical (unpaired) electrons. The van der Waals surface area contributed by atoms with Crippen LogP contribution in [0.15, 0.2) is 64.8 Å². The van der Waals surface area contributed by atoms with E-state index >= 15 is 0 Å². The normalized spacial score (nSPS) is 22.8. The van der Waals surface area contributed by atoms with Crippen molar-refractivity contribution in [1.82, 2.24) is 0 Å². The van der Waals surface area contributed by atoms with Crippen molar-refractivity contribution in [3.63, 3.8) is 0 Å². The minimum Gasteiger partial charge on any atom is -0.468 e. The third-order valence-corrected chi connectivity index (χ3v) is 6.80. The van der Waals surface area contributed by atoms with Gasteiger partial charge in [-0.2, -0.15) is 0 Å². The molecule has 0 saturated heterocycles. The molecule has 0 fully saturated rings. The van der Waals surface area contributed by atoms with Gasteiger partial charge >= 0.3 is 5.97 Å². The topological polar surface area (TPSA) is 59.0 Å². The minimum absolute atomic E-state index is 0.0167. The van der Waals surface area contributed by atoms with E-state index in [-0.39, 0.29) is 17.7 Å². The summed E-state index contributed by atoms with van der Waals surface area (Å²) in [5.74, 6) is -1.42. The lowest BCUT2D eigenvalue weighted by molar-refractivity contribution is -0.143. The summed E-state index contributed by atoms with van der Waals surface area (Å²) in [6.45, 7) is 1.84. The van der Waals surface area contributed by atoms with Gasteiger partial charge in [0.2, 0.25) is 0 Å². The third-order valence-electron chi connectivity index (χ3n) is 6.46. The molecule has 2 aromatic rings. The van der Waals surface area contributed by atoms with Crippen molar-refractivity contribution in [3.05, 3.63) is 76.0 Å². The predicted octanol–water partition coefficient (Wildman–Crippen LogP) is 5.15. The number of hydrogen-bond acceptors (Lipinski definition) is 5. The number of methoxy groups -OCH3 is 1. The molecule has 1 aliphatic carbocycles. The van der Waals surface area contributed by atoms with E-state index in [1.165, 1.54) is 7.11 Å². The zero-order valence-corrected chi connectivity index (χ0v) is 19.5. The number of hydrogen-bond donors (Lipinski definition) is 0. The fourth-order valence-corrected chi connectivity index (χ4v) is 5.15. The number of Topliss-reactive ketones (excluding diaryl/α,β-unsaturated/α-hetero) is 1. The molecule has 166 valence electrons. The van der Waals surface area contributed by atoms with Crippen molar-refractivity contribution >= 4 is 34.8 Å². The van der Waals surface area contributed by atoms with Crippen LogP contribution in [0.3, 0.4) is 0 Å². The summed E-state index contributed by atoms with van der Waals surface area (Å²) in [6, 6.07) is 15.6. The molecule has 4 rings (SSSR count). The molecule has 32 heavy (non-hydrogen) atoms. The van der Waals surface area contributed by atoms with Gasteiger partial charge in [-0.3, -0.25) is 14.6 Å². The number of aliphatic imine (C=N–C) groups is 1. The number of ether oxygens (including phenoxy) is 1. The molecule has 1 unspecified atom stereocenters. The number of allylic oxidation sites excluding steroid dienone is 2. The van der Waals surface area contributed by atoms with Gasteiger partial charge in [0.25, 0.3) is 0 Å². The first kappa shape index (κ1) is 22.3. The number of halogens is 1. The number of anilines is 1. The monoisotopic (exact) mass is 450 g/mol. The Morgan fingerprint density at radius 3 is 2.41 bits per heavy atom. The zero-order valence-electron chi connectivity index (χ0n) is 18.8. The molecule has 1 heterocycles. The van der Waals surface area contributed by atoms with Crippen molar-refractivity contribution in [1.29, 1.82) is 0 Å². The SMILES string of the molecule is COC(=O)C1C(C)=NC2=C(C(=O)C[C@@H](c3ccccc3Cl)C2)[C@H]1c1ccc(N(C)C)cc1. The van der Waals surface area contributed by atoms with E-state index in [1.807, 2.05) is 74.4 Å². The first-order chi connectivity index (χ1) is 15.3. The Hall–Kier alpha value is -2.92. The molecule has 3 atom stereocenters. The van der Waals surface area contributed by atoms with Gasteiger partial charge in [0.05, 0.1) is 7.11 Å². The van der Waals surface area contributed by atoms with E-state index < -0.39 is 11.8 Å². The van der Waals surface area contributed by atoms with E-state index in [2.05, 4.69) is 0 Å². The van der Waals surface area contributed by atoms with Gasteiger partial charge in [0.15, 0.2) is 5.78 Å². The third kappa shape index (κ3) is 3.97. The Morgan fingerprint density at radius 1 is 1.09 bits per heavy atom. The van der Waals surface area contributed by atoms with E-state index in [0.717, 1.165) is 22.5 Å². The summed E-state index contributed by atoms with van der Waals surface area (Å²) in [5, 5.41) is 0.661. The summed E-state index contributed by atoms with van der Waals surface area (Å²) >= 11 is 6.43. The van der Waals surface area contributed by atoms with Crippen LogP contribution >= 0.6 is 11.6 Å². The van der Waals surface area contributed by atoms with Gasteiger partial charge in [0.1, 0.15) is 5.92 Å². The van der Waals surface area contributed by atoms with Crippen molar-refractivity contribution in [2.45, 2.75) is 31.6 Å². The maximum atomic E-state index is 13.5. The number of esters is 1. The standard InChI is InChI=1S/C26H27ClN2O3/c1-15-23(26(31)32-4)24(16-9-11-18(12-10-16)29(2)3)25-21(28-15)13-17(14-22(25)30)19-7-5-6-8-20(19)27/h5-12,17,23-24H,13-14H2,1-4H3/t17-,23?,24-/m0/s1. The zero-order chi connectivity index (χ0) is 23.0. The van der Waals surface area contributed by atoms with Crippen LogP contribution in [0.25, 0.3) is 0 Å². The van der Waals surface area contributed by atoms with Crippen molar-refractivity contribution in [3.8, 4) is 0 Å². The average molecular weight is 451 g/mol. The summed E-state index contributed by atoms with van der Waals surface area (Å²) < 4.78 is 5.12. The van der Waals surface area contributed by atoms with Crippen LogP contribution in [-0.2, 0) is 14.3 Å². The molecule has 6 heteroatoms. The van der Waals surface area contributed by atoms with E-state index in [4.69, 9.17) is 21.3 Å². The van der Waals surface area contributed by atoms with Crippen LogP contribution in [0.1, 0.15) is 42.7 Å². The Morgan fingerprint density at radius 2 is 1.78 bits per heavy atom. The number of ketones is 1. The number of nitrogens with zero attached hydrogens (tertiary/aromatic N) is 2. The van der Waals surface area contributed by atoms with Crippen LogP contribution in [-0.4, -0.2) is 38.7 Å². The van der Waals surface area contributed by atoms with E-state index in [1.54, 1.807) is 0 Å². The fraction of sp³-hybridized carbons (Fsp3) is 0.346. The highest BCUT2D eigenvalue weighted by molar-refractivity contribution is 6.31. The van der Waals surface area contributed by atoms with Crippen LogP contribution in [0.4, 0.5) is 5.69 Å². The second kappa shape index (κ2) is 8.91. The molecule has 1 aliphatic heterocycles. The average Bonchev–Trinajstić information content (AvgIpc) is 2.78. The van der Waals surface area contributed by atoms with Crippen molar-refractivity contribution in [2.24, 2.45) is 10.9 Å². The lowest BCUT2D eigenvalue weighted by Crippen LogP contribution is -2.37. The first-order valence-corrected chi connectivity index (χ1v) is 11.1. The predicted molar refractivity (Wildman–Crippen MR) is 128 cm³/mol. The maximum Gasteiger partial charge on any atom is 0.315 e. The lowest BCUT2D eigenvalue weighted by atomic mass is 9.69. The van der Waals surface area contributed by atoms with Gasteiger partial charge < -0.3 is 9.64 Å². The van der Waals surface area contributed by atoms with Crippen LogP contribution in [0.5, 0.6) is 0 Å². The summed E-state index contributed by atoms with van der Waals surface area (Å²) in [6.07, 6.45) is 0.958. The molecule has 0 amide bonds. The highest BCUT2D eigenvalue weighted by Gasteiger charge is 2.44. The molecule has 2 aromatic carbocycles. The Kier molecular flexibility index (Phi) is 6.20. The molecule has 0 aromatic heterocycles. The smallest absolute Gasteiger partial charge is 0.315 e. The molecule has 0 spiro atoms. The maximum absolute atomic E-state index is 13.5. The number of rotatable bonds is 4. The second-order valence-electron chi connectivity index (χ2n) is 8.63. The molecule has 0 saturated carbocycles. The molecule has 0 bridgehead atoms. The highest BCUT2D eigenvalue weighted by Crippen LogP contribution is 2.47.